The minimum atomic E-state index is -0.942. The van der Waals surface area contributed by atoms with E-state index in [9.17, 15) is 9.59 Å². The third kappa shape index (κ3) is 3.56. The second-order valence-corrected chi connectivity index (χ2v) is 8.29. The van der Waals surface area contributed by atoms with Crippen molar-refractivity contribution in [3.63, 3.8) is 0 Å². The Kier molecular flexibility index (Phi) is 5.27. The molecule has 2 amide bonds. The number of carbonyl (C=O) groups excluding carboxylic acids is 2. The van der Waals surface area contributed by atoms with Gasteiger partial charge < -0.3 is 14.4 Å². The van der Waals surface area contributed by atoms with Gasteiger partial charge in [-0.1, -0.05) is 54.6 Å². The molecule has 1 atom stereocenters. The van der Waals surface area contributed by atoms with Crippen molar-refractivity contribution < 1.29 is 9.59 Å². The van der Waals surface area contributed by atoms with Crippen molar-refractivity contribution in [1.82, 2.24) is 14.4 Å². The molecule has 0 saturated carbocycles. The summed E-state index contributed by atoms with van der Waals surface area (Å²) in [5, 5.41) is 0. The number of nitrogens with zero attached hydrogens (tertiary/aromatic N) is 3. The van der Waals surface area contributed by atoms with Gasteiger partial charge in [0.15, 0.2) is 0 Å². The predicted molar refractivity (Wildman–Crippen MR) is 123 cm³/mol. The van der Waals surface area contributed by atoms with E-state index in [0.29, 0.717) is 12.1 Å². The number of carbonyl (C=O) groups is 2. The Bertz CT molecular complexity index is 1160. The molecule has 31 heavy (non-hydrogen) atoms. The standard InChI is InChI=1S/C26H27N3O2/c1-26(18-19-11-6-5-7-12-19)25(31)28(3)23(24(30)29(26)4)17-20-13-8-9-14-21(20)22-15-10-16-27(22)2/h5-17H,18H2,1-4H3. The largest absolute Gasteiger partial charge is 0.351 e. The molecule has 0 bridgehead atoms. The molecule has 158 valence electrons. The number of rotatable bonds is 4. The van der Waals surface area contributed by atoms with E-state index < -0.39 is 5.54 Å². The van der Waals surface area contributed by atoms with Crippen LogP contribution in [0, 0.1) is 0 Å². The lowest BCUT2D eigenvalue weighted by Crippen LogP contribution is -2.64. The van der Waals surface area contributed by atoms with Crippen LogP contribution in [0.15, 0.2) is 78.6 Å². The average molecular weight is 414 g/mol. The normalized spacial score (nSPS) is 20.6. The van der Waals surface area contributed by atoms with Crippen molar-refractivity contribution >= 4 is 17.9 Å². The van der Waals surface area contributed by atoms with Gasteiger partial charge in [0.25, 0.3) is 11.8 Å². The first-order valence-corrected chi connectivity index (χ1v) is 10.4. The van der Waals surface area contributed by atoms with E-state index in [1.807, 2.05) is 97.5 Å². The molecule has 1 unspecified atom stereocenters. The smallest absolute Gasteiger partial charge is 0.271 e. The van der Waals surface area contributed by atoms with Crippen LogP contribution in [-0.2, 0) is 23.1 Å². The van der Waals surface area contributed by atoms with Gasteiger partial charge in [0.2, 0.25) is 0 Å². The summed E-state index contributed by atoms with van der Waals surface area (Å²) in [4.78, 5) is 30.0. The average Bonchev–Trinajstić information content (AvgIpc) is 3.21. The first-order valence-electron chi connectivity index (χ1n) is 10.4. The first-order chi connectivity index (χ1) is 14.8. The van der Waals surface area contributed by atoms with Crippen molar-refractivity contribution in [2.24, 2.45) is 7.05 Å². The zero-order chi connectivity index (χ0) is 22.2. The van der Waals surface area contributed by atoms with Gasteiger partial charge in [-0.2, -0.15) is 0 Å². The molecule has 1 saturated heterocycles. The Morgan fingerprint density at radius 3 is 2.23 bits per heavy atom. The number of piperazine rings is 1. The maximum Gasteiger partial charge on any atom is 0.271 e. The molecular weight excluding hydrogens is 386 g/mol. The summed E-state index contributed by atoms with van der Waals surface area (Å²) in [7, 11) is 5.39. The van der Waals surface area contributed by atoms with Crippen LogP contribution in [0.25, 0.3) is 17.3 Å². The maximum absolute atomic E-state index is 13.5. The quantitative estimate of drug-likeness (QED) is 0.608. The Balaban J connectivity index is 1.73. The monoisotopic (exact) mass is 413 g/mol. The zero-order valence-electron chi connectivity index (χ0n) is 18.4. The van der Waals surface area contributed by atoms with E-state index in [-0.39, 0.29) is 11.8 Å². The molecule has 2 heterocycles. The Morgan fingerprint density at radius 2 is 1.55 bits per heavy atom. The number of likely N-dealkylation sites (N-methyl/N-ethyl adjacent to an activating group) is 2. The summed E-state index contributed by atoms with van der Waals surface area (Å²) >= 11 is 0. The van der Waals surface area contributed by atoms with Crippen LogP contribution in [0.5, 0.6) is 0 Å². The van der Waals surface area contributed by atoms with E-state index >= 15 is 0 Å². The summed E-state index contributed by atoms with van der Waals surface area (Å²) in [5.74, 6) is -0.261. The zero-order valence-corrected chi connectivity index (χ0v) is 18.4. The molecule has 1 aliphatic heterocycles. The highest BCUT2D eigenvalue weighted by molar-refractivity contribution is 6.09. The van der Waals surface area contributed by atoms with Crippen molar-refractivity contribution in [2.75, 3.05) is 14.1 Å². The lowest BCUT2D eigenvalue weighted by atomic mass is 9.87. The predicted octanol–water partition coefficient (Wildman–Crippen LogP) is 3.96. The van der Waals surface area contributed by atoms with Crippen molar-refractivity contribution in [1.29, 1.82) is 0 Å². The fourth-order valence-corrected chi connectivity index (χ4v) is 4.24. The van der Waals surface area contributed by atoms with Crippen molar-refractivity contribution in [3.05, 3.63) is 89.8 Å². The van der Waals surface area contributed by atoms with E-state index in [1.165, 1.54) is 4.90 Å². The fraction of sp³-hybridized carbons (Fsp3) is 0.231. The number of benzene rings is 2. The summed E-state index contributed by atoms with van der Waals surface area (Å²) in [6.45, 7) is 1.84. The number of aryl methyl sites for hydroxylation is 1. The molecule has 4 rings (SSSR count). The number of hydrogen-bond donors (Lipinski definition) is 0. The highest BCUT2D eigenvalue weighted by Gasteiger charge is 2.48. The minimum absolute atomic E-state index is 0.0962. The molecule has 0 radical (unpaired) electrons. The molecule has 1 fully saturated rings. The summed E-state index contributed by atoms with van der Waals surface area (Å²) in [6, 6.07) is 21.8. The van der Waals surface area contributed by atoms with Gasteiger partial charge in [-0.3, -0.25) is 9.59 Å². The van der Waals surface area contributed by atoms with Gasteiger partial charge in [-0.05, 0) is 36.3 Å². The van der Waals surface area contributed by atoms with Gasteiger partial charge in [-0.25, -0.2) is 0 Å². The maximum atomic E-state index is 13.5. The molecular formula is C26H27N3O2. The Labute approximate surface area is 183 Å². The Morgan fingerprint density at radius 1 is 0.871 bits per heavy atom. The van der Waals surface area contributed by atoms with Crippen LogP contribution in [0.1, 0.15) is 18.1 Å². The number of amides is 2. The highest BCUT2D eigenvalue weighted by Crippen LogP contribution is 2.33. The molecule has 0 spiro atoms. The lowest BCUT2D eigenvalue weighted by Gasteiger charge is -2.45. The van der Waals surface area contributed by atoms with E-state index in [2.05, 4.69) is 0 Å². The van der Waals surface area contributed by atoms with Gasteiger partial charge in [0.05, 0.1) is 0 Å². The molecule has 2 aromatic carbocycles. The number of hydrogen-bond acceptors (Lipinski definition) is 2. The Hall–Kier alpha value is -3.60. The van der Waals surface area contributed by atoms with Gasteiger partial charge in [-0.15, -0.1) is 0 Å². The topological polar surface area (TPSA) is 45.6 Å². The fourth-order valence-electron chi connectivity index (χ4n) is 4.24. The highest BCUT2D eigenvalue weighted by atomic mass is 16.2. The third-order valence-electron chi connectivity index (χ3n) is 6.25. The number of aromatic nitrogens is 1. The molecule has 0 aliphatic carbocycles. The van der Waals surface area contributed by atoms with Crippen molar-refractivity contribution in [2.45, 2.75) is 18.9 Å². The van der Waals surface area contributed by atoms with Crippen LogP contribution >= 0.6 is 0 Å². The summed E-state index contributed by atoms with van der Waals surface area (Å²) in [5.41, 5.74) is 3.41. The van der Waals surface area contributed by atoms with Gasteiger partial charge in [0, 0.05) is 45.0 Å². The molecule has 5 heteroatoms. The molecule has 1 aromatic heterocycles. The van der Waals surface area contributed by atoms with E-state index in [4.69, 9.17) is 0 Å². The van der Waals surface area contributed by atoms with Crippen LogP contribution in [0.2, 0.25) is 0 Å². The molecule has 3 aromatic rings. The minimum Gasteiger partial charge on any atom is -0.351 e. The van der Waals surface area contributed by atoms with E-state index in [1.54, 1.807) is 19.0 Å². The van der Waals surface area contributed by atoms with E-state index in [0.717, 1.165) is 22.4 Å². The second kappa shape index (κ2) is 7.91. The summed E-state index contributed by atoms with van der Waals surface area (Å²) in [6.07, 6.45) is 4.27. The first kappa shape index (κ1) is 20.7. The second-order valence-electron chi connectivity index (χ2n) is 8.29. The summed E-state index contributed by atoms with van der Waals surface area (Å²) < 4.78 is 2.04. The third-order valence-corrected chi connectivity index (χ3v) is 6.25. The van der Waals surface area contributed by atoms with Crippen LogP contribution in [-0.4, -0.2) is 45.8 Å². The van der Waals surface area contributed by atoms with Gasteiger partial charge >= 0.3 is 0 Å². The van der Waals surface area contributed by atoms with Gasteiger partial charge in [0.1, 0.15) is 11.2 Å². The van der Waals surface area contributed by atoms with Crippen LogP contribution in [0.4, 0.5) is 0 Å². The molecule has 0 N–H and O–H groups in total. The van der Waals surface area contributed by atoms with Crippen molar-refractivity contribution in [3.8, 4) is 11.3 Å². The van der Waals surface area contributed by atoms with Crippen LogP contribution in [0.3, 0.4) is 0 Å². The lowest BCUT2D eigenvalue weighted by molar-refractivity contribution is -0.155. The molecule has 1 aliphatic rings. The molecule has 5 nitrogen and oxygen atoms in total. The SMILES string of the molecule is CN1C(=O)C(C)(Cc2ccccc2)N(C)C(=O)C1=Cc1ccccc1-c1cccn1C. The van der Waals surface area contributed by atoms with Crippen LogP contribution < -0.4 is 0 Å².